The second-order valence-corrected chi connectivity index (χ2v) is 30.3. The van der Waals surface area contributed by atoms with E-state index in [0.717, 1.165) is 110 Å². The molecule has 3 aromatic heterocycles. The monoisotopic (exact) mass is 1450 g/mol. The zero-order valence-electron chi connectivity index (χ0n) is 63.4. The summed E-state index contributed by atoms with van der Waals surface area (Å²) in [5.74, 6) is 7.09. The number of nitrogens with one attached hydrogen (secondary N) is 1. The fourth-order valence-corrected chi connectivity index (χ4v) is 15.6. The van der Waals surface area contributed by atoms with Crippen molar-refractivity contribution >= 4 is 24.1 Å². The molecule has 4 fully saturated rings. The van der Waals surface area contributed by atoms with Crippen molar-refractivity contribution in [1.82, 2.24) is 34.6 Å². The van der Waals surface area contributed by atoms with Gasteiger partial charge in [-0.2, -0.15) is 0 Å². The van der Waals surface area contributed by atoms with Crippen LogP contribution in [0.1, 0.15) is 145 Å². The number of hydrogen-bond donors (Lipinski definition) is 1. The van der Waals surface area contributed by atoms with Gasteiger partial charge < -0.3 is 51.7 Å². The third-order valence-corrected chi connectivity index (χ3v) is 21.8. The lowest BCUT2D eigenvalue weighted by Gasteiger charge is -2.40. The summed E-state index contributed by atoms with van der Waals surface area (Å²) in [6.07, 6.45) is 19.2. The van der Waals surface area contributed by atoms with Crippen LogP contribution in [0, 0.1) is 66.2 Å². The lowest BCUT2D eigenvalue weighted by molar-refractivity contribution is -0.132. The average molecular weight is 1450 g/mol. The molecule has 19 heteroatoms. The highest BCUT2D eigenvalue weighted by Crippen LogP contribution is 2.39. The van der Waals surface area contributed by atoms with Crippen LogP contribution >= 0.6 is 0 Å². The van der Waals surface area contributed by atoms with E-state index in [0.29, 0.717) is 102 Å². The Hall–Kier alpha value is -9.95. The minimum absolute atomic E-state index is 0.0201. The number of piperidine rings is 2. The number of hydrogen-bond acceptors (Lipinski definition) is 17. The Morgan fingerprint density at radius 2 is 1.21 bits per heavy atom. The van der Waals surface area contributed by atoms with Gasteiger partial charge in [0, 0.05) is 69.3 Å². The van der Waals surface area contributed by atoms with Crippen molar-refractivity contribution in [2.45, 2.75) is 183 Å². The van der Waals surface area contributed by atoms with E-state index < -0.39 is 0 Å². The molecule has 19 nitrogen and oxygen atoms in total. The molecule has 0 radical (unpaired) electrons. The Kier molecular flexibility index (Phi) is 24.1. The first kappa shape index (κ1) is 75.3. The van der Waals surface area contributed by atoms with Crippen LogP contribution in [0.15, 0.2) is 178 Å². The molecule has 0 spiro atoms. The van der Waals surface area contributed by atoms with Crippen molar-refractivity contribution in [3.05, 3.63) is 255 Å². The highest BCUT2D eigenvalue weighted by atomic mass is 16.5. The van der Waals surface area contributed by atoms with Crippen molar-refractivity contribution in [2.75, 3.05) is 39.3 Å². The molecule has 9 atom stereocenters. The van der Waals surface area contributed by atoms with E-state index in [9.17, 15) is 19.2 Å². The van der Waals surface area contributed by atoms with Gasteiger partial charge in [-0.3, -0.25) is 9.69 Å². The number of aromatic nitrogens is 4. The summed E-state index contributed by atoms with van der Waals surface area (Å²) < 4.78 is 48.3. The van der Waals surface area contributed by atoms with Gasteiger partial charge in [-0.25, -0.2) is 29.3 Å². The van der Waals surface area contributed by atoms with E-state index in [1.54, 1.807) is 39.2 Å². The molecule has 107 heavy (non-hydrogen) atoms. The molecule has 1 amide bonds. The van der Waals surface area contributed by atoms with Gasteiger partial charge in [0.15, 0.2) is 5.82 Å². The Labute approximate surface area is 627 Å². The second kappa shape index (κ2) is 34.3. The molecule has 1 N–H and O–H groups in total. The van der Waals surface area contributed by atoms with Crippen molar-refractivity contribution in [3.63, 3.8) is 0 Å². The van der Waals surface area contributed by atoms with Crippen LogP contribution in [0.2, 0.25) is 0 Å². The maximum atomic E-state index is 12.7. The zero-order chi connectivity index (χ0) is 74.8. The van der Waals surface area contributed by atoms with E-state index in [-0.39, 0.29) is 53.1 Å². The molecule has 1 aliphatic carbocycles. The van der Waals surface area contributed by atoms with Crippen molar-refractivity contribution in [2.24, 2.45) is 17.8 Å². The Balaban J connectivity index is 0.000000126. The smallest absolute Gasteiger partial charge is 0.346 e. The fraction of sp³-hybridized carbons (Fsp3) is 0.420. The Morgan fingerprint density at radius 3 is 1.88 bits per heavy atom. The van der Waals surface area contributed by atoms with E-state index in [1.807, 2.05) is 78.2 Å². The third kappa shape index (κ3) is 19.1. The molecule has 0 bridgehead atoms. The zero-order valence-corrected chi connectivity index (χ0v) is 63.4. The molecule has 2 unspecified atom stereocenters. The predicted octanol–water partition coefficient (Wildman–Crippen LogP) is 15.0. The molecule has 7 aromatic rings. The number of fused-ring (bicyclic) bond motifs is 7. The minimum Gasteiger partial charge on any atom is -0.490 e. The van der Waals surface area contributed by atoms with Gasteiger partial charge in [-0.1, -0.05) is 116 Å². The summed E-state index contributed by atoms with van der Waals surface area (Å²) in [5.41, 5.74) is 12.9. The van der Waals surface area contributed by atoms with Gasteiger partial charge in [-0.15, -0.1) is 0 Å². The van der Waals surface area contributed by atoms with Gasteiger partial charge in [0.1, 0.15) is 87.3 Å². The first-order valence-electron chi connectivity index (χ1n) is 38.1. The lowest BCUT2D eigenvalue weighted by Crippen LogP contribution is -2.47. The van der Waals surface area contributed by atoms with Crippen LogP contribution in [0.3, 0.4) is 0 Å². The standard InChI is InChI=1S/C23H27NO3.C23H31NO.C21H22N4O4.C21H21NO4/c1-15-4-7-18(8-5-15)9-6-16(2)24-11-10-19-13-20-21(27-22(19)14-24)12-17(3)26-23(20)25;1-18-8-6-12-22(14-18)25-23-13-7-11-21(15-23)19(2)16-24-17-20-9-4-3-5-10-20;1-11(7-25-10-24-13(3)19-20(25)23-9-22-19)16-6-17-14(8-27-16)5-15-18(29-17)4-12(2)28-21(15)26;1-13-4-3-5-15(8-13)10-20(23)22-7-6-16-11-17-18(26-19(16)12-22)9-14(2)25-21(17)24/h4-5,7-8,12-13,16,22H,6,9-11,14H2,1-3H3;3-6,8-10,12,14,19,21,23-24H,7,11,13,15-17H2,1-2H3;4-5,9-11,16-17H,6-8H2,1-3H3;3-5,8-9,11,19H,6-7,10,12H2,1-2H3/t16?,22-;19?,21-,23+;11-,16+,17+;19-/m0010/s1. The second-order valence-electron chi connectivity index (χ2n) is 30.3. The molecule has 11 heterocycles. The summed E-state index contributed by atoms with van der Waals surface area (Å²) in [6, 6.07) is 41.8. The number of carbonyl (C=O) groups excluding carboxylic acids is 1. The van der Waals surface area contributed by atoms with Gasteiger partial charge in [0.05, 0.1) is 43.8 Å². The molecule has 4 aromatic carbocycles. The van der Waals surface area contributed by atoms with E-state index in [1.165, 1.54) is 53.5 Å². The summed E-state index contributed by atoms with van der Waals surface area (Å²) in [6.45, 7) is 26.5. The van der Waals surface area contributed by atoms with Crippen LogP contribution in [0.4, 0.5) is 0 Å². The number of carbonyl (C=O) groups is 1. The molecule has 9 aliphatic rings. The molecular formula is C88H101N7O12. The fourth-order valence-electron chi connectivity index (χ4n) is 15.6. The predicted molar refractivity (Wildman–Crippen MR) is 415 cm³/mol. The van der Waals surface area contributed by atoms with Gasteiger partial charge in [0.25, 0.3) is 0 Å². The minimum atomic E-state index is -0.371. The summed E-state index contributed by atoms with van der Waals surface area (Å²) in [4.78, 5) is 66.3. The number of nitrogens with zero attached hydrogens (tertiary/aromatic N) is 6. The Bertz CT molecular complexity index is 4840. The largest absolute Gasteiger partial charge is 0.490 e. The van der Waals surface area contributed by atoms with Gasteiger partial charge >= 0.3 is 16.9 Å². The van der Waals surface area contributed by atoms with Crippen molar-refractivity contribution in [3.8, 4) is 34.5 Å². The van der Waals surface area contributed by atoms with Crippen LogP contribution in [-0.4, -0.2) is 111 Å². The van der Waals surface area contributed by atoms with E-state index in [2.05, 4.69) is 139 Å². The Morgan fingerprint density at radius 1 is 0.598 bits per heavy atom. The maximum Gasteiger partial charge on any atom is 0.346 e. The topological polar surface area (TPSA) is 216 Å². The average Bonchev–Trinajstić information content (AvgIpc) is 1.16. The first-order chi connectivity index (χ1) is 51.7. The van der Waals surface area contributed by atoms with Crippen LogP contribution in [-0.2, 0) is 35.5 Å². The lowest BCUT2D eigenvalue weighted by atomic mass is 9.79. The van der Waals surface area contributed by atoms with Gasteiger partial charge in [0.2, 0.25) is 5.91 Å². The van der Waals surface area contributed by atoms with Crippen molar-refractivity contribution in [1.29, 1.82) is 0 Å². The summed E-state index contributed by atoms with van der Waals surface area (Å²) >= 11 is 0. The number of amides is 1. The number of ether oxygens (including phenoxy) is 5. The SMILES string of the molecule is Cc1cc2c(c(=O)o1)C=C1CO[C@H]([C@H](C)Cn3cnc(C)c4ncnc3-4)C[C@@H]1O2.Cc1ccc(CCC(C)N2CCC3=Cc4c(cc(C)oc4=O)O[C@H]3C2)cc1.Cc1cccc(CC(=O)N2CCC3=Cc4c(cc(C)oc4=O)O[C@H]3C2)c1.Cc1cccc(O[C@@H]2CCC[C@H](C(C)CNCc3ccccc3)C2)c1. The van der Waals surface area contributed by atoms with E-state index in [4.69, 9.17) is 36.9 Å². The quantitative estimate of drug-likeness (QED) is 0.0951. The number of imidazole rings is 1. The van der Waals surface area contributed by atoms with E-state index >= 15 is 0 Å². The summed E-state index contributed by atoms with van der Waals surface area (Å²) in [7, 11) is 0. The normalized spacial score (nSPS) is 20.6. The third-order valence-electron chi connectivity index (χ3n) is 21.8. The molecule has 8 aliphatic heterocycles. The highest BCUT2D eigenvalue weighted by molar-refractivity contribution is 5.79. The number of rotatable bonds is 16. The number of benzene rings is 4. The molecule has 16 rings (SSSR count). The number of aryl methyl sites for hydroxylation is 8. The maximum absolute atomic E-state index is 12.7. The molecule has 1 saturated carbocycles. The van der Waals surface area contributed by atoms with Crippen molar-refractivity contribution < 1.29 is 41.7 Å². The van der Waals surface area contributed by atoms with Crippen LogP contribution < -0.4 is 41.1 Å². The number of likely N-dealkylation sites (tertiary alicyclic amines) is 2. The molecular weight excluding hydrogens is 1350 g/mol. The van der Waals surface area contributed by atoms with Gasteiger partial charge in [-0.05, 0) is 194 Å². The van der Waals surface area contributed by atoms with Crippen LogP contribution in [0.5, 0.6) is 23.0 Å². The van der Waals surface area contributed by atoms with Crippen LogP contribution in [0.25, 0.3) is 29.7 Å². The highest BCUT2D eigenvalue weighted by Gasteiger charge is 2.38. The molecule has 3 saturated heterocycles. The first-order valence-corrected chi connectivity index (χ1v) is 38.1. The summed E-state index contributed by atoms with van der Waals surface area (Å²) in [5, 5.41) is 3.63. The molecule has 560 valence electrons.